The monoisotopic (exact) mass is 251 g/mol. The van der Waals surface area contributed by atoms with Gasteiger partial charge in [0.25, 0.3) is 0 Å². The number of hydrogen-bond acceptors (Lipinski definition) is 4. The zero-order valence-electron chi connectivity index (χ0n) is 10.7. The lowest BCUT2D eigenvalue weighted by molar-refractivity contribution is 0.298. The molecule has 2 unspecified atom stereocenters. The van der Waals surface area contributed by atoms with Gasteiger partial charge in [-0.3, -0.25) is 4.90 Å². The molecule has 0 amide bonds. The minimum atomic E-state index is 0.696. The number of nitrogens with one attached hydrogen (secondary N) is 1. The molecule has 2 aliphatic heterocycles. The lowest BCUT2D eigenvalue weighted by Gasteiger charge is -2.20. The van der Waals surface area contributed by atoms with Crippen LogP contribution in [0.25, 0.3) is 0 Å². The fraction of sp³-hybridized carbons (Fsp3) is 0.769. The maximum Gasteiger partial charge on any atom is 0.107 e. The van der Waals surface area contributed by atoms with E-state index in [-0.39, 0.29) is 0 Å². The smallest absolute Gasteiger partial charge is 0.107 e. The molecule has 2 fully saturated rings. The van der Waals surface area contributed by atoms with Gasteiger partial charge in [0.1, 0.15) is 5.01 Å². The Balaban J connectivity index is 1.57. The van der Waals surface area contributed by atoms with Gasteiger partial charge in [0.05, 0.1) is 5.69 Å². The van der Waals surface area contributed by atoms with Crippen molar-refractivity contribution in [2.45, 2.75) is 51.7 Å². The third-order valence-electron chi connectivity index (χ3n) is 4.19. The molecule has 0 bridgehead atoms. The molecule has 2 aliphatic rings. The molecule has 3 nitrogen and oxygen atoms in total. The summed E-state index contributed by atoms with van der Waals surface area (Å²) in [6.07, 6.45) is 4.08. The van der Waals surface area contributed by atoms with Crippen LogP contribution in [0.2, 0.25) is 0 Å². The highest BCUT2D eigenvalue weighted by atomic mass is 32.1. The Morgan fingerprint density at radius 3 is 3.00 bits per heavy atom. The number of nitrogens with zero attached hydrogens (tertiary/aromatic N) is 2. The van der Waals surface area contributed by atoms with Crippen molar-refractivity contribution in [2.75, 3.05) is 13.1 Å². The molecular weight excluding hydrogens is 230 g/mol. The van der Waals surface area contributed by atoms with Crippen LogP contribution in [0, 0.1) is 13.8 Å². The molecular formula is C13H21N3S. The lowest BCUT2D eigenvalue weighted by Crippen LogP contribution is -2.38. The number of hydrogen-bond donors (Lipinski definition) is 1. The number of rotatable bonds is 3. The van der Waals surface area contributed by atoms with Crippen LogP contribution in [-0.4, -0.2) is 35.1 Å². The Morgan fingerprint density at radius 2 is 2.24 bits per heavy atom. The van der Waals surface area contributed by atoms with Gasteiger partial charge in [-0.2, -0.15) is 0 Å². The molecule has 0 spiro atoms. The zero-order chi connectivity index (χ0) is 11.8. The topological polar surface area (TPSA) is 28.2 Å². The van der Waals surface area contributed by atoms with Crippen molar-refractivity contribution in [2.24, 2.45) is 0 Å². The van der Waals surface area contributed by atoms with E-state index in [9.17, 15) is 0 Å². The predicted octanol–water partition coefficient (Wildman–Crippen LogP) is 2.09. The summed E-state index contributed by atoms with van der Waals surface area (Å²) in [6, 6.07) is 1.50. The second-order valence-electron chi connectivity index (χ2n) is 5.27. The molecule has 1 N–H and O–H groups in total. The van der Waals surface area contributed by atoms with E-state index < -0.39 is 0 Å². The average Bonchev–Trinajstić information content (AvgIpc) is 2.94. The minimum Gasteiger partial charge on any atom is -0.306 e. The van der Waals surface area contributed by atoms with Gasteiger partial charge < -0.3 is 5.32 Å². The van der Waals surface area contributed by atoms with Crippen LogP contribution in [-0.2, 0) is 6.54 Å². The number of aryl methyl sites for hydroxylation is 2. The molecule has 17 heavy (non-hydrogen) atoms. The first-order valence-electron chi connectivity index (χ1n) is 6.64. The third-order valence-corrected chi connectivity index (χ3v) is 5.27. The Morgan fingerprint density at radius 1 is 1.35 bits per heavy atom. The van der Waals surface area contributed by atoms with Crippen LogP contribution in [0.3, 0.4) is 0 Å². The van der Waals surface area contributed by atoms with Gasteiger partial charge in [-0.15, -0.1) is 11.3 Å². The van der Waals surface area contributed by atoms with Crippen molar-refractivity contribution in [3.8, 4) is 0 Å². The predicted molar refractivity (Wildman–Crippen MR) is 71.4 cm³/mol. The van der Waals surface area contributed by atoms with Crippen LogP contribution >= 0.6 is 11.3 Å². The highest BCUT2D eigenvalue weighted by molar-refractivity contribution is 7.11. The number of fused-ring (bicyclic) bond motifs is 1. The maximum absolute atomic E-state index is 4.60. The molecule has 94 valence electrons. The quantitative estimate of drug-likeness (QED) is 0.891. The van der Waals surface area contributed by atoms with Crippen LogP contribution < -0.4 is 5.32 Å². The van der Waals surface area contributed by atoms with Gasteiger partial charge in [0, 0.05) is 30.1 Å². The molecule has 3 rings (SSSR count). The largest absolute Gasteiger partial charge is 0.306 e. The van der Waals surface area contributed by atoms with E-state index in [1.54, 1.807) is 0 Å². The summed E-state index contributed by atoms with van der Waals surface area (Å²) in [5.74, 6) is 0. The van der Waals surface area contributed by atoms with Crippen LogP contribution in [0.1, 0.15) is 34.8 Å². The van der Waals surface area contributed by atoms with Gasteiger partial charge in [-0.05, 0) is 39.7 Å². The highest BCUT2D eigenvalue weighted by Gasteiger charge is 2.36. The zero-order valence-corrected chi connectivity index (χ0v) is 11.5. The second kappa shape index (κ2) is 4.67. The van der Waals surface area contributed by atoms with Crippen LogP contribution in [0.15, 0.2) is 0 Å². The molecule has 0 radical (unpaired) electrons. The Hall–Kier alpha value is -0.450. The van der Waals surface area contributed by atoms with E-state index >= 15 is 0 Å². The van der Waals surface area contributed by atoms with Crippen molar-refractivity contribution < 1.29 is 0 Å². The van der Waals surface area contributed by atoms with Gasteiger partial charge in [0.15, 0.2) is 0 Å². The second-order valence-corrected chi connectivity index (χ2v) is 6.56. The lowest BCUT2D eigenvalue weighted by atomic mass is 10.1. The molecule has 0 aliphatic carbocycles. The SMILES string of the molecule is Cc1nc(CNC2CCN3CCCC23)sc1C. The molecule has 1 aromatic rings. The molecule has 1 aromatic heterocycles. The van der Waals surface area contributed by atoms with Gasteiger partial charge >= 0.3 is 0 Å². The summed E-state index contributed by atoms with van der Waals surface area (Å²) in [7, 11) is 0. The number of thiazole rings is 1. The molecule has 0 saturated carbocycles. The van der Waals surface area contributed by atoms with Gasteiger partial charge in [-0.1, -0.05) is 0 Å². The normalized spacial score (nSPS) is 28.8. The average molecular weight is 251 g/mol. The van der Waals surface area contributed by atoms with E-state index in [4.69, 9.17) is 0 Å². The Kier molecular flexibility index (Phi) is 3.19. The highest BCUT2D eigenvalue weighted by Crippen LogP contribution is 2.28. The first-order chi connectivity index (χ1) is 8.24. The Labute approximate surface area is 107 Å². The summed E-state index contributed by atoms with van der Waals surface area (Å²) in [4.78, 5) is 8.61. The van der Waals surface area contributed by atoms with Crippen molar-refractivity contribution >= 4 is 11.3 Å². The summed E-state index contributed by atoms with van der Waals surface area (Å²) in [5, 5.41) is 4.96. The van der Waals surface area contributed by atoms with E-state index in [1.165, 1.54) is 47.9 Å². The fourth-order valence-corrected chi connectivity index (χ4v) is 4.04. The molecule has 4 heteroatoms. The summed E-state index contributed by atoms with van der Waals surface area (Å²) >= 11 is 1.84. The Bertz CT molecular complexity index is 382. The first kappa shape index (κ1) is 11.6. The summed E-state index contributed by atoms with van der Waals surface area (Å²) in [6.45, 7) is 7.82. The maximum atomic E-state index is 4.60. The summed E-state index contributed by atoms with van der Waals surface area (Å²) < 4.78 is 0. The summed E-state index contributed by atoms with van der Waals surface area (Å²) in [5.41, 5.74) is 1.20. The van der Waals surface area contributed by atoms with E-state index in [1.807, 2.05) is 11.3 Å². The number of aromatic nitrogens is 1. The van der Waals surface area contributed by atoms with Crippen molar-refractivity contribution in [3.05, 3.63) is 15.6 Å². The molecule has 2 atom stereocenters. The van der Waals surface area contributed by atoms with Crippen molar-refractivity contribution in [1.82, 2.24) is 15.2 Å². The van der Waals surface area contributed by atoms with E-state index in [0.717, 1.165) is 12.6 Å². The molecule has 3 heterocycles. The molecule has 2 saturated heterocycles. The van der Waals surface area contributed by atoms with Crippen molar-refractivity contribution in [3.63, 3.8) is 0 Å². The van der Waals surface area contributed by atoms with Crippen molar-refractivity contribution in [1.29, 1.82) is 0 Å². The first-order valence-corrected chi connectivity index (χ1v) is 7.46. The van der Waals surface area contributed by atoms with E-state index in [2.05, 4.69) is 29.0 Å². The van der Waals surface area contributed by atoms with Crippen LogP contribution in [0.4, 0.5) is 0 Å². The van der Waals surface area contributed by atoms with Gasteiger partial charge in [-0.25, -0.2) is 4.98 Å². The molecule has 0 aromatic carbocycles. The fourth-order valence-electron chi connectivity index (χ4n) is 3.15. The van der Waals surface area contributed by atoms with Crippen LogP contribution in [0.5, 0.6) is 0 Å². The van der Waals surface area contributed by atoms with E-state index in [0.29, 0.717) is 6.04 Å². The standard InChI is InChI=1S/C13H21N3S/c1-9-10(2)17-13(15-9)8-14-11-5-7-16-6-3-4-12(11)16/h11-12,14H,3-8H2,1-2H3. The minimum absolute atomic E-state index is 0.696. The van der Waals surface area contributed by atoms with Gasteiger partial charge in [0.2, 0.25) is 0 Å². The third kappa shape index (κ3) is 2.26.